The number of piperazine rings is 1. The van der Waals surface area contributed by atoms with Gasteiger partial charge in [-0.15, -0.1) is 0 Å². The number of aryl methyl sites for hydroxylation is 1. The standard InChI is InChI=1S/C24H37N3O2/c1-4-19(3)24(29)27-14-12-26(13-15-27)22(21-10-5-6-11-21)23(28)25-17-20-9-7-8-18(2)16-20/h7-9,16,19,21-22H,4-6,10-15,17H2,1-3H3,(H,25,28)/t19-,22+/m1/s1. The minimum Gasteiger partial charge on any atom is -0.351 e. The van der Waals surface area contributed by atoms with Gasteiger partial charge in [0.1, 0.15) is 0 Å². The Hall–Kier alpha value is -1.88. The molecule has 2 aliphatic rings. The fraction of sp³-hybridized carbons (Fsp3) is 0.667. The van der Waals surface area contributed by atoms with Crippen LogP contribution in [-0.4, -0.2) is 53.8 Å². The molecule has 1 aromatic rings. The Morgan fingerprint density at radius 2 is 1.83 bits per heavy atom. The summed E-state index contributed by atoms with van der Waals surface area (Å²) in [6, 6.07) is 8.25. The van der Waals surface area contributed by atoms with E-state index in [1.807, 2.05) is 17.9 Å². The van der Waals surface area contributed by atoms with Crippen molar-refractivity contribution in [3.63, 3.8) is 0 Å². The summed E-state index contributed by atoms with van der Waals surface area (Å²) >= 11 is 0. The average molecular weight is 400 g/mol. The lowest BCUT2D eigenvalue weighted by atomic mass is 9.94. The van der Waals surface area contributed by atoms with Crippen molar-refractivity contribution < 1.29 is 9.59 Å². The van der Waals surface area contributed by atoms with Gasteiger partial charge in [0.25, 0.3) is 0 Å². The lowest BCUT2D eigenvalue weighted by Crippen LogP contribution is -2.58. The molecule has 1 N–H and O–H groups in total. The van der Waals surface area contributed by atoms with E-state index in [1.165, 1.54) is 18.4 Å². The number of carbonyl (C=O) groups is 2. The molecule has 2 fully saturated rings. The van der Waals surface area contributed by atoms with Crippen molar-refractivity contribution in [3.8, 4) is 0 Å². The number of hydrogen-bond acceptors (Lipinski definition) is 3. The molecule has 1 aliphatic carbocycles. The van der Waals surface area contributed by atoms with Crippen LogP contribution in [0.4, 0.5) is 0 Å². The zero-order chi connectivity index (χ0) is 20.8. The molecule has 1 saturated heterocycles. The molecule has 0 unspecified atom stereocenters. The van der Waals surface area contributed by atoms with Crippen LogP contribution in [0.25, 0.3) is 0 Å². The fourth-order valence-corrected chi connectivity index (χ4v) is 4.77. The van der Waals surface area contributed by atoms with Crippen LogP contribution in [0.5, 0.6) is 0 Å². The van der Waals surface area contributed by atoms with Crippen LogP contribution in [0, 0.1) is 18.8 Å². The Bertz CT molecular complexity index is 691. The molecule has 29 heavy (non-hydrogen) atoms. The first-order valence-corrected chi connectivity index (χ1v) is 11.4. The summed E-state index contributed by atoms with van der Waals surface area (Å²) < 4.78 is 0. The van der Waals surface area contributed by atoms with Crippen LogP contribution < -0.4 is 5.32 Å². The third-order valence-electron chi connectivity index (χ3n) is 6.72. The van der Waals surface area contributed by atoms with E-state index in [4.69, 9.17) is 0 Å². The number of nitrogens with one attached hydrogen (secondary N) is 1. The Kier molecular flexibility index (Phi) is 7.70. The second-order valence-corrected chi connectivity index (χ2v) is 8.87. The van der Waals surface area contributed by atoms with Crippen molar-refractivity contribution >= 4 is 11.8 Å². The lowest BCUT2D eigenvalue weighted by molar-refractivity contribution is -0.138. The highest BCUT2D eigenvalue weighted by atomic mass is 16.2. The molecule has 3 rings (SSSR count). The molecule has 1 heterocycles. The molecular formula is C24H37N3O2. The first-order chi connectivity index (χ1) is 14.0. The number of carbonyl (C=O) groups excluding carboxylic acids is 2. The van der Waals surface area contributed by atoms with Gasteiger partial charge < -0.3 is 10.2 Å². The maximum Gasteiger partial charge on any atom is 0.237 e. The number of nitrogens with zero attached hydrogens (tertiary/aromatic N) is 2. The van der Waals surface area contributed by atoms with E-state index in [2.05, 4.69) is 42.3 Å². The third-order valence-corrected chi connectivity index (χ3v) is 6.72. The molecule has 1 aliphatic heterocycles. The van der Waals surface area contributed by atoms with Crippen LogP contribution in [0.1, 0.15) is 57.1 Å². The number of rotatable bonds is 7. The van der Waals surface area contributed by atoms with E-state index >= 15 is 0 Å². The zero-order valence-corrected chi connectivity index (χ0v) is 18.3. The van der Waals surface area contributed by atoms with Crippen molar-refractivity contribution in [1.29, 1.82) is 0 Å². The van der Waals surface area contributed by atoms with Crippen molar-refractivity contribution in [1.82, 2.24) is 15.1 Å². The smallest absolute Gasteiger partial charge is 0.237 e. The van der Waals surface area contributed by atoms with Crippen LogP contribution in [0.3, 0.4) is 0 Å². The van der Waals surface area contributed by atoms with Gasteiger partial charge in [-0.05, 0) is 37.7 Å². The zero-order valence-electron chi connectivity index (χ0n) is 18.3. The second kappa shape index (κ2) is 10.2. The van der Waals surface area contributed by atoms with Gasteiger partial charge in [-0.3, -0.25) is 14.5 Å². The van der Waals surface area contributed by atoms with Crippen LogP contribution in [0.2, 0.25) is 0 Å². The molecule has 0 bridgehead atoms. The van der Waals surface area contributed by atoms with E-state index in [-0.39, 0.29) is 23.8 Å². The monoisotopic (exact) mass is 399 g/mol. The van der Waals surface area contributed by atoms with Gasteiger partial charge in [0.15, 0.2) is 0 Å². The van der Waals surface area contributed by atoms with Crippen LogP contribution in [-0.2, 0) is 16.1 Å². The first-order valence-electron chi connectivity index (χ1n) is 11.4. The maximum atomic E-state index is 13.2. The van der Waals surface area contributed by atoms with Gasteiger partial charge in [0.2, 0.25) is 11.8 Å². The SMILES string of the molecule is CC[C@@H](C)C(=O)N1CCN([C@H](C(=O)NCc2cccc(C)c2)C2CCCC2)CC1. The van der Waals surface area contributed by atoms with Gasteiger partial charge in [-0.2, -0.15) is 0 Å². The molecule has 0 aromatic heterocycles. The molecule has 2 atom stereocenters. The summed E-state index contributed by atoms with van der Waals surface area (Å²) in [7, 11) is 0. The molecule has 0 radical (unpaired) electrons. The van der Waals surface area contributed by atoms with E-state index in [9.17, 15) is 9.59 Å². The Morgan fingerprint density at radius 3 is 2.45 bits per heavy atom. The molecule has 0 spiro atoms. The quantitative estimate of drug-likeness (QED) is 0.765. The van der Waals surface area contributed by atoms with Gasteiger partial charge in [0.05, 0.1) is 6.04 Å². The highest BCUT2D eigenvalue weighted by Gasteiger charge is 2.37. The van der Waals surface area contributed by atoms with Gasteiger partial charge in [-0.25, -0.2) is 0 Å². The molecule has 1 aromatic carbocycles. The largest absolute Gasteiger partial charge is 0.351 e. The fourth-order valence-electron chi connectivity index (χ4n) is 4.77. The topological polar surface area (TPSA) is 52.7 Å². The Labute approximate surface area is 175 Å². The maximum absolute atomic E-state index is 13.2. The van der Waals surface area contributed by atoms with Crippen molar-refractivity contribution in [2.45, 2.75) is 65.5 Å². The third kappa shape index (κ3) is 5.59. The number of hydrogen-bond donors (Lipinski definition) is 1. The van der Waals surface area contributed by atoms with Crippen molar-refractivity contribution in [2.24, 2.45) is 11.8 Å². The minimum absolute atomic E-state index is 0.0665. The summed E-state index contributed by atoms with van der Waals surface area (Å²) in [5, 5.41) is 3.20. The highest BCUT2D eigenvalue weighted by Crippen LogP contribution is 2.31. The van der Waals surface area contributed by atoms with Crippen molar-refractivity contribution in [3.05, 3.63) is 35.4 Å². The Morgan fingerprint density at radius 1 is 1.14 bits per heavy atom. The summed E-state index contributed by atoms with van der Waals surface area (Å²) in [6.07, 6.45) is 5.59. The predicted octanol–water partition coefficient (Wildman–Crippen LogP) is 3.36. The molecular weight excluding hydrogens is 362 g/mol. The number of benzene rings is 1. The first kappa shape index (κ1) is 21.8. The van der Waals surface area contributed by atoms with Crippen molar-refractivity contribution in [2.75, 3.05) is 26.2 Å². The normalized spacial score (nSPS) is 20.4. The van der Waals surface area contributed by atoms with Crippen LogP contribution >= 0.6 is 0 Å². The molecule has 1 saturated carbocycles. The predicted molar refractivity (Wildman–Crippen MR) is 116 cm³/mol. The van der Waals surface area contributed by atoms with E-state index < -0.39 is 0 Å². The molecule has 2 amide bonds. The van der Waals surface area contributed by atoms with E-state index in [0.29, 0.717) is 12.5 Å². The van der Waals surface area contributed by atoms with Gasteiger partial charge in [-0.1, -0.05) is 56.5 Å². The second-order valence-electron chi connectivity index (χ2n) is 8.87. The Balaban J connectivity index is 1.61. The van der Waals surface area contributed by atoms with E-state index in [0.717, 1.165) is 51.0 Å². The number of amides is 2. The average Bonchev–Trinajstić information content (AvgIpc) is 3.26. The molecule has 5 heteroatoms. The summed E-state index contributed by atoms with van der Waals surface area (Å²) in [6.45, 7) is 9.78. The highest BCUT2D eigenvalue weighted by molar-refractivity contribution is 5.82. The minimum atomic E-state index is -0.0665. The van der Waals surface area contributed by atoms with Gasteiger partial charge in [0, 0.05) is 38.6 Å². The summed E-state index contributed by atoms with van der Waals surface area (Å²) in [4.78, 5) is 30.1. The molecule has 160 valence electrons. The lowest BCUT2D eigenvalue weighted by Gasteiger charge is -2.41. The van der Waals surface area contributed by atoms with Gasteiger partial charge >= 0.3 is 0 Å². The van der Waals surface area contributed by atoms with Crippen LogP contribution in [0.15, 0.2) is 24.3 Å². The summed E-state index contributed by atoms with van der Waals surface area (Å²) in [5.74, 6) is 0.933. The molecule has 5 nitrogen and oxygen atoms in total. The summed E-state index contributed by atoms with van der Waals surface area (Å²) in [5.41, 5.74) is 2.36. The van der Waals surface area contributed by atoms with E-state index in [1.54, 1.807) is 0 Å².